The Hall–Kier alpha value is -7.16. The average molecular weight is 706 g/mol. The molecule has 0 aliphatic carbocycles. The van der Waals surface area contributed by atoms with Gasteiger partial charge in [-0.1, -0.05) is 182 Å². The number of benzene rings is 9. The Morgan fingerprint density at radius 3 is 1.47 bits per heavy atom. The number of hydrogen-bond acceptors (Lipinski definition) is 2. The molecule has 2 heteroatoms. The van der Waals surface area contributed by atoms with Crippen LogP contribution in [-0.2, 0) is 0 Å². The number of aromatic hydroxyl groups is 1. The van der Waals surface area contributed by atoms with E-state index in [1.165, 1.54) is 21.9 Å². The van der Waals surface area contributed by atoms with E-state index in [1.807, 2.05) is 54.6 Å². The van der Waals surface area contributed by atoms with Crippen molar-refractivity contribution < 1.29 is 5.11 Å². The van der Waals surface area contributed by atoms with E-state index in [0.717, 1.165) is 67.1 Å². The minimum atomic E-state index is 0.260. The van der Waals surface area contributed by atoms with E-state index in [4.69, 9.17) is 0 Å². The quantitative estimate of drug-likeness (QED) is 0.170. The van der Waals surface area contributed by atoms with Gasteiger partial charge in [-0.25, -0.2) is 0 Å². The van der Waals surface area contributed by atoms with Crippen LogP contribution >= 0.6 is 0 Å². The second-order valence-corrected chi connectivity index (χ2v) is 13.9. The van der Waals surface area contributed by atoms with Crippen molar-refractivity contribution in [1.29, 1.82) is 0 Å². The van der Waals surface area contributed by atoms with Crippen LogP contribution in [0.15, 0.2) is 212 Å². The van der Waals surface area contributed by atoms with Gasteiger partial charge in [-0.15, -0.1) is 0 Å². The van der Waals surface area contributed by atoms with Gasteiger partial charge in [0.25, 0.3) is 0 Å². The van der Waals surface area contributed by atoms with Crippen molar-refractivity contribution in [3.63, 3.8) is 0 Å². The lowest BCUT2D eigenvalue weighted by atomic mass is 9.90. The molecule has 0 amide bonds. The molecule has 0 spiro atoms. The van der Waals surface area contributed by atoms with E-state index in [2.05, 4.69) is 170 Å². The molecule has 0 heterocycles. The van der Waals surface area contributed by atoms with Crippen molar-refractivity contribution in [1.82, 2.24) is 0 Å². The van der Waals surface area contributed by atoms with Gasteiger partial charge < -0.3 is 10.0 Å². The number of aryl methyl sites for hydroxylation is 1. The van der Waals surface area contributed by atoms with Crippen molar-refractivity contribution in [3.05, 3.63) is 218 Å². The van der Waals surface area contributed by atoms with Gasteiger partial charge in [-0.3, -0.25) is 0 Å². The summed E-state index contributed by atoms with van der Waals surface area (Å²) in [5.41, 5.74) is 14.5. The Kier molecular flexibility index (Phi) is 8.99. The molecule has 0 aliphatic heterocycles. The maximum atomic E-state index is 12.1. The molecule has 0 atom stereocenters. The topological polar surface area (TPSA) is 23.5 Å². The van der Waals surface area contributed by atoms with E-state index in [0.29, 0.717) is 0 Å². The van der Waals surface area contributed by atoms with Gasteiger partial charge in [0.2, 0.25) is 0 Å². The highest BCUT2D eigenvalue weighted by molar-refractivity contribution is 5.99. The van der Waals surface area contributed by atoms with Crippen LogP contribution in [0.5, 0.6) is 5.75 Å². The fraction of sp³-hybridized carbons (Fsp3) is 0.0189. The highest BCUT2D eigenvalue weighted by Gasteiger charge is 2.23. The molecule has 2 nitrogen and oxygen atoms in total. The Bertz CT molecular complexity index is 2730. The molecule has 0 aromatic heterocycles. The molecule has 0 saturated carbocycles. The smallest absolute Gasteiger partial charge is 0.131 e. The summed E-state index contributed by atoms with van der Waals surface area (Å²) in [6, 6.07) is 74.5. The molecule has 1 N–H and O–H groups in total. The molecular weight excluding hydrogens is 667 g/mol. The third kappa shape index (κ3) is 6.56. The van der Waals surface area contributed by atoms with Crippen molar-refractivity contribution in [2.24, 2.45) is 0 Å². The number of hydrogen-bond donors (Lipinski definition) is 1. The van der Waals surface area contributed by atoms with Gasteiger partial charge in [-0.05, 0) is 92.5 Å². The SMILES string of the molecule is Cc1cc(-c2ccccc2)cc(N(c2ccc(-c3ccccc3)cc2)c2ccc(-c3cccc4ccccc34)cc2)c1-c1cccc(-c2ccccc2)c1O. The Balaban J connectivity index is 1.27. The zero-order chi connectivity index (χ0) is 37.1. The lowest BCUT2D eigenvalue weighted by molar-refractivity contribution is 0.479. The maximum absolute atomic E-state index is 12.1. The molecule has 9 aromatic carbocycles. The van der Waals surface area contributed by atoms with Gasteiger partial charge in [0.15, 0.2) is 0 Å². The number of nitrogens with zero attached hydrogens (tertiary/aromatic N) is 1. The van der Waals surface area contributed by atoms with Crippen molar-refractivity contribution in [2.75, 3.05) is 4.90 Å². The third-order valence-corrected chi connectivity index (χ3v) is 10.5. The van der Waals surface area contributed by atoms with Crippen LogP contribution < -0.4 is 4.90 Å². The van der Waals surface area contributed by atoms with Crippen molar-refractivity contribution in [3.8, 4) is 61.4 Å². The Labute approximate surface area is 322 Å². The molecule has 0 radical (unpaired) electrons. The fourth-order valence-corrected chi connectivity index (χ4v) is 7.82. The average Bonchev–Trinajstić information content (AvgIpc) is 3.25. The van der Waals surface area contributed by atoms with E-state index in [1.54, 1.807) is 0 Å². The maximum Gasteiger partial charge on any atom is 0.131 e. The van der Waals surface area contributed by atoms with Crippen LogP contribution in [0.3, 0.4) is 0 Å². The molecule has 262 valence electrons. The van der Waals surface area contributed by atoms with Gasteiger partial charge in [0, 0.05) is 28.1 Å². The van der Waals surface area contributed by atoms with Crippen LogP contribution in [0.25, 0.3) is 66.4 Å². The van der Waals surface area contributed by atoms with Crippen LogP contribution in [0.2, 0.25) is 0 Å². The Morgan fingerprint density at radius 2 is 0.818 bits per heavy atom. The second-order valence-electron chi connectivity index (χ2n) is 13.9. The molecule has 0 unspecified atom stereocenters. The lowest BCUT2D eigenvalue weighted by Gasteiger charge is -2.30. The predicted molar refractivity (Wildman–Crippen MR) is 232 cm³/mol. The largest absolute Gasteiger partial charge is 0.507 e. The summed E-state index contributed by atoms with van der Waals surface area (Å²) < 4.78 is 0. The van der Waals surface area contributed by atoms with Crippen molar-refractivity contribution in [2.45, 2.75) is 6.92 Å². The van der Waals surface area contributed by atoms with Gasteiger partial charge in [0.1, 0.15) is 5.75 Å². The summed E-state index contributed by atoms with van der Waals surface area (Å²) in [5.74, 6) is 0.260. The van der Waals surface area contributed by atoms with Crippen molar-refractivity contribution >= 4 is 27.8 Å². The van der Waals surface area contributed by atoms with Crippen LogP contribution in [0.1, 0.15) is 5.56 Å². The van der Waals surface area contributed by atoms with Gasteiger partial charge in [-0.2, -0.15) is 0 Å². The summed E-state index contributed by atoms with van der Waals surface area (Å²) in [4.78, 5) is 2.34. The standard InChI is InChI=1S/C53H39NO/c1-37-35-44(39-17-7-3-8-18-39)36-51(52(37)50-26-14-25-49(53(50)55)42-19-9-4-10-20-42)54(45-31-27-40(28-32-45)38-15-5-2-6-16-38)46-33-29-43(30-34-46)48-24-13-22-41-21-11-12-23-47(41)48/h2-36,55H,1H3. The molecule has 0 bridgehead atoms. The molecule has 9 rings (SSSR count). The normalized spacial score (nSPS) is 11.1. The minimum Gasteiger partial charge on any atom is -0.507 e. The van der Waals surface area contributed by atoms with E-state index < -0.39 is 0 Å². The molecule has 9 aromatic rings. The first-order chi connectivity index (χ1) is 27.1. The van der Waals surface area contributed by atoms with E-state index in [9.17, 15) is 5.11 Å². The number of fused-ring (bicyclic) bond motifs is 1. The molecule has 55 heavy (non-hydrogen) atoms. The highest BCUT2D eigenvalue weighted by Crippen LogP contribution is 2.49. The number of rotatable bonds is 8. The van der Waals surface area contributed by atoms with E-state index in [-0.39, 0.29) is 5.75 Å². The third-order valence-electron chi connectivity index (χ3n) is 10.5. The monoisotopic (exact) mass is 705 g/mol. The predicted octanol–water partition coefficient (Wildman–Crippen LogP) is 14.7. The van der Waals surface area contributed by atoms with Gasteiger partial charge >= 0.3 is 0 Å². The second kappa shape index (κ2) is 14.7. The number of anilines is 3. The highest BCUT2D eigenvalue weighted by atomic mass is 16.3. The molecule has 0 aliphatic rings. The minimum absolute atomic E-state index is 0.260. The van der Waals surface area contributed by atoms with Crippen LogP contribution in [0.4, 0.5) is 17.1 Å². The summed E-state index contributed by atoms with van der Waals surface area (Å²) in [6.07, 6.45) is 0. The number of phenolic OH excluding ortho intramolecular Hbond substituents is 1. The number of para-hydroxylation sites is 1. The summed E-state index contributed by atoms with van der Waals surface area (Å²) in [5, 5.41) is 14.6. The zero-order valence-electron chi connectivity index (χ0n) is 30.6. The van der Waals surface area contributed by atoms with E-state index >= 15 is 0 Å². The summed E-state index contributed by atoms with van der Waals surface area (Å²) >= 11 is 0. The lowest BCUT2D eigenvalue weighted by Crippen LogP contribution is -2.12. The molecule has 0 saturated heterocycles. The molecular formula is C53H39NO. The van der Waals surface area contributed by atoms with Crippen LogP contribution in [0, 0.1) is 6.92 Å². The first-order valence-corrected chi connectivity index (χ1v) is 18.7. The Morgan fingerprint density at radius 1 is 0.364 bits per heavy atom. The first kappa shape index (κ1) is 33.7. The zero-order valence-corrected chi connectivity index (χ0v) is 30.6. The number of phenols is 1. The molecule has 0 fully saturated rings. The summed E-state index contributed by atoms with van der Waals surface area (Å²) in [6.45, 7) is 2.15. The van der Waals surface area contributed by atoms with Gasteiger partial charge in [0.05, 0.1) is 5.69 Å². The fourth-order valence-electron chi connectivity index (χ4n) is 7.82. The summed E-state index contributed by atoms with van der Waals surface area (Å²) in [7, 11) is 0. The first-order valence-electron chi connectivity index (χ1n) is 18.7. The van der Waals surface area contributed by atoms with Crippen LogP contribution in [-0.4, -0.2) is 5.11 Å².